The highest BCUT2D eigenvalue weighted by atomic mass is 19.1. The average molecular weight is 184 g/mol. The van der Waals surface area contributed by atoms with Crippen molar-refractivity contribution in [3.05, 3.63) is 0 Å². The van der Waals surface area contributed by atoms with Gasteiger partial charge in [-0.1, -0.05) is 25.7 Å². The Morgan fingerprint density at radius 3 is 1.92 bits per heavy atom. The van der Waals surface area contributed by atoms with E-state index in [0.29, 0.717) is 0 Å². The molecule has 0 aliphatic heterocycles. The van der Waals surface area contributed by atoms with Crippen LogP contribution in [0.15, 0.2) is 0 Å². The summed E-state index contributed by atoms with van der Waals surface area (Å²) in [4.78, 5) is 0. The highest BCUT2D eigenvalue weighted by Gasteiger charge is 2.24. The van der Waals surface area contributed by atoms with Crippen LogP contribution in [0.3, 0.4) is 0 Å². The molecule has 2 aliphatic carbocycles. The molecule has 2 aliphatic rings. The van der Waals surface area contributed by atoms with Crippen LogP contribution in [0, 0.1) is 11.8 Å². The lowest BCUT2D eigenvalue weighted by atomic mass is 9.81. The van der Waals surface area contributed by atoms with Gasteiger partial charge in [0.05, 0.1) is 0 Å². The summed E-state index contributed by atoms with van der Waals surface area (Å²) in [6.07, 6.45) is 10.8. The van der Waals surface area contributed by atoms with Crippen LogP contribution in [-0.4, -0.2) is 6.17 Å². The van der Waals surface area contributed by atoms with Gasteiger partial charge < -0.3 is 0 Å². The third-order valence-electron chi connectivity index (χ3n) is 3.92. The summed E-state index contributed by atoms with van der Waals surface area (Å²) in [5, 5.41) is 0. The van der Waals surface area contributed by atoms with Gasteiger partial charge in [-0.15, -0.1) is 0 Å². The predicted molar refractivity (Wildman–Crippen MR) is 53.4 cm³/mol. The summed E-state index contributed by atoms with van der Waals surface area (Å²) < 4.78 is 12.9. The van der Waals surface area contributed by atoms with Crippen LogP contribution >= 0.6 is 0 Å². The Kier molecular flexibility index (Phi) is 3.23. The largest absolute Gasteiger partial charge is 0.247 e. The molecule has 0 aromatic carbocycles. The first-order chi connectivity index (χ1) is 6.34. The lowest BCUT2D eigenvalue weighted by molar-refractivity contribution is 0.188. The fraction of sp³-hybridized carbons (Fsp3) is 1.00. The minimum absolute atomic E-state index is 0.472. The number of halogens is 1. The molecule has 0 saturated heterocycles. The van der Waals surface area contributed by atoms with Crippen LogP contribution in [-0.2, 0) is 0 Å². The summed E-state index contributed by atoms with van der Waals surface area (Å²) in [5.41, 5.74) is 0. The zero-order valence-corrected chi connectivity index (χ0v) is 8.47. The van der Waals surface area contributed by atoms with Crippen LogP contribution < -0.4 is 0 Å². The predicted octanol–water partition coefficient (Wildman–Crippen LogP) is 4.10. The zero-order chi connectivity index (χ0) is 9.10. The van der Waals surface area contributed by atoms with Crippen molar-refractivity contribution in [2.24, 2.45) is 11.8 Å². The molecule has 0 nitrogen and oxygen atoms in total. The van der Waals surface area contributed by atoms with Crippen LogP contribution in [0.5, 0.6) is 0 Å². The van der Waals surface area contributed by atoms with E-state index < -0.39 is 6.17 Å². The van der Waals surface area contributed by atoms with Crippen molar-refractivity contribution in [1.29, 1.82) is 0 Å². The maximum atomic E-state index is 12.9. The first-order valence-electron chi connectivity index (χ1n) is 5.98. The van der Waals surface area contributed by atoms with Gasteiger partial charge in [0.25, 0.3) is 0 Å². The molecular weight excluding hydrogens is 163 g/mol. The van der Waals surface area contributed by atoms with Gasteiger partial charge >= 0.3 is 0 Å². The van der Waals surface area contributed by atoms with E-state index in [1.165, 1.54) is 32.1 Å². The molecule has 0 bridgehead atoms. The van der Waals surface area contributed by atoms with E-state index in [1.807, 2.05) is 0 Å². The highest BCUT2D eigenvalue weighted by Crippen LogP contribution is 2.36. The Morgan fingerprint density at radius 2 is 1.31 bits per heavy atom. The number of hydrogen-bond acceptors (Lipinski definition) is 0. The molecule has 1 heteroatoms. The van der Waals surface area contributed by atoms with E-state index in [4.69, 9.17) is 0 Å². The van der Waals surface area contributed by atoms with Crippen molar-refractivity contribution >= 4 is 0 Å². The van der Waals surface area contributed by atoms with Gasteiger partial charge in [-0.2, -0.15) is 0 Å². The van der Waals surface area contributed by atoms with Crippen molar-refractivity contribution in [3.63, 3.8) is 0 Å². The van der Waals surface area contributed by atoms with Gasteiger partial charge in [0.15, 0.2) is 0 Å². The molecule has 0 radical (unpaired) electrons. The van der Waals surface area contributed by atoms with E-state index in [2.05, 4.69) is 0 Å². The molecule has 0 N–H and O–H groups in total. The lowest BCUT2D eigenvalue weighted by Crippen LogP contribution is -2.17. The van der Waals surface area contributed by atoms with Crippen molar-refractivity contribution in [2.45, 2.75) is 64.0 Å². The van der Waals surface area contributed by atoms with Crippen molar-refractivity contribution in [3.8, 4) is 0 Å². The molecule has 2 fully saturated rings. The standard InChI is InChI=1S/C12H21F/c13-12-7-5-11(6-8-12)9-10-3-1-2-4-10/h10-12H,1-9H2. The first kappa shape index (κ1) is 9.48. The number of alkyl halides is 1. The Morgan fingerprint density at radius 1 is 0.769 bits per heavy atom. The minimum Gasteiger partial charge on any atom is -0.247 e. The van der Waals surface area contributed by atoms with Gasteiger partial charge in [0.2, 0.25) is 0 Å². The molecule has 13 heavy (non-hydrogen) atoms. The molecular formula is C12H21F. The Labute approximate surface area is 80.9 Å². The molecule has 2 saturated carbocycles. The van der Waals surface area contributed by atoms with Gasteiger partial charge in [-0.3, -0.25) is 0 Å². The summed E-state index contributed by atoms with van der Waals surface area (Å²) in [6.45, 7) is 0. The molecule has 2 rings (SSSR count). The SMILES string of the molecule is FC1CCC(CC2CCCC2)CC1. The van der Waals surface area contributed by atoms with E-state index in [1.54, 1.807) is 0 Å². The average Bonchev–Trinajstić information content (AvgIpc) is 2.62. The normalized spacial score (nSPS) is 36.7. The van der Waals surface area contributed by atoms with Crippen LogP contribution in [0.25, 0.3) is 0 Å². The molecule has 0 aromatic rings. The Hall–Kier alpha value is -0.0700. The van der Waals surface area contributed by atoms with Gasteiger partial charge in [0, 0.05) is 0 Å². The van der Waals surface area contributed by atoms with Crippen molar-refractivity contribution in [1.82, 2.24) is 0 Å². The molecule has 0 aromatic heterocycles. The molecule has 76 valence electrons. The second-order valence-corrected chi connectivity index (χ2v) is 5.00. The monoisotopic (exact) mass is 184 g/mol. The van der Waals surface area contributed by atoms with Crippen LogP contribution in [0.1, 0.15) is 57.8 Å². The quantitative estimate of drug-likeness (QED) is 0.606. The number of rotatable bonds is 2. The summed E-state index contributed by atoms with van der Waals surface area (Å²) in [5.74, 6) is 1.87. The van der Waals surface area contributed by atoms with Crippen LogP contribution in [0.4, 0.5) is 4.39 Å². The van der Waals surface area contributed by atoms with Crippen molar-refractivity contribution < 1.29 is 4.39 Å². The topological polar surface area (TPSA) is 0 Å². The second-order valence-electron chi connectivity index (χ2n) is 5.00. The molecule has 0 atom stereocenters. The second kappa shape index (κ2) is 4.43. The Balaban J connectivity index is 1.69. The van der Waals surface area contributed by atoms with E-state index >= 15 is 0 Å². The first-order valence-corrected chi connectivity index (χ1v) is 5.98. The van der Waals surface area contributed by atoms with E-state index in [0.717, 1.165) is 37.5 Å². The lowest BCUT2D eigenvalue weighted by Gasteiger charge is -2.26. The fourth-order valence-corrected chi connectivity index (χ4v) is 3.07. The van der Waals surface area contributed by atoms with Gasteiger partial charge in [-0.25, -0.2) is 4.39 Å². The van der Waals surface area contributed by atoms with E-state index in [-0.39, 0.29) is 0 Å². The van der Waals surface area contributed by atoms with Gasteiger partial charge in [0.1, 0.15) is 6.17 Å². The zero-order valence-electron chi connectivity index (χ0n) is 8.47. The summed E-state index contributed by atoms with van der Waals surface area (Å²) in [7, 11) is 0. The van der Waals surface area contributed by atoms with Crippen LogP contribution in [0.2, 0.25) is 0 Å². The smallest absolute Gasteiger partial charge is 0.100 e. The third kappa shape index (κ3) is 2.69. The molecule has 0 heterocycles. The fourth-order valence-electron chi connectivity index (χ4n) is 3.07. The molecule has 0 amide bonds. The van der Waals surface area contributed by atoms with E-state index in [9.17, 15) is 4.39 Å². The minimum atomic E-state index is -0.472. The van der Waals surface area contributed by atoms with Gasteiger partial charge in [-0.05, 0) is 43.9 Å². The maximum Gasteiger partial charge on any atom is 0.100 e. The maximum absolute atomic E-state index is 12.9. The third-order valence-corrected chi connectivity index (χ3v) is 3.92. The Bertz CT molecular complexity index is 141. The number of hydrogen-bond donors (Lipinski definition) is 0. The molecule has 0 unspecified atom stereocenters. The molecule has 0 spiro atoms. The summed E-state index contributed by atoms with van der Waals surface area (Å²) in [6, 6.07) is 0. The van der Waals surface area contributed by atoms with Crippen molar-refractivity contribution in [2.75, 3.05) is 0 Å². The summed E-state index contributed by atoms with van der Waals surface area (Å²) >= 11 is 0. The highest BCUT2D eigenvalue weighted by molar-refractivity contribution is 4.76.